The summed E-state index contributed by atoms with van der Waals surface area (Å²) in [6, 6.07) is 7.45. The minimum absolute atomic E-state index is 0.0260. The largest absolute Gasteiger partial charge is 0.371 e. The summed E-state index contributed by atoms with van der Waals surface area (Å²) in [5.74, 6) is 0.253. The van der Waals surface area contributed by atoms with Gasteiger partial charge in [-0.25, -0.2) is 13.6 Å². The fourth-order valence-electron chi connectivity index (χ4n) is 3.07. The predicted octanol–water partition coefficient (Wildman–Crippen LogP) is 3.74. The van der Waals surface area contributed by atoms with E-state index in [9.17, 15) is 13.6 Å². The first kappa shape index (κ1) is 19.3. The maximum Gasteiger partial charge on any atom is 0.319 e. The van der Waals surface area contributed by atoms with E-state index in [4.69, 9.17) is 4.74 Å². The number of ether oxygens (including phenoxy) is 1. The molecule has 0 saturated carbocycles. The molecule has 0 unspecified atom stereocenters. The minimum atomic E-state index is -2.76. The highest BCUT2D eigenvalue weighted by Gasteiger charge is 2.22. The van der Waals surface area contributed by atoms with Crippen LogP contribution in [0.4, 0.5) is 19.3 Å². The summed E-state index contributed by atoms with van der Waals surface area (Å²) < 4.78 is 33.5. The van der Waals surface area contributed by atoms with Gasteiger partial charge in [-0.1, -0.05) is 38.1 Å². The number of anilines is 1. The number of carbonyl (C=O) groups excluding carboxylic acids is 1. The Balaban J connectivity index is 1.56. The molecular formula is C19H24F2N4O2. The van der Waals surface area contributed by atoms with Crippen molar-refractivity contribution in [1.82, 2.24) is 15.1 Å². The summed E-state index contributed by atoms with van der Waals surface area (Å²) in [5, 5.41) is 9.04. The van der Waals surface area contributed by atoms with Gasteiger partial charge in [0.2, 0.25) is 0 Å². The molecule has 1 aliphatic heterocycles. The van der Waals surface area contributed by atoms with Crippen molar-refractivity contribution in [2.45, 2.75) is 45.9 Å². The standard InChI is InChI=1S/C19H24F2N4O2/c1-12(2)9-25-10-16(17(24-25)18(20)21)23-19(26)22-8-15-7-13-5-3-4-6-14(13)11-27-15/h3-6,10,12,15,18H,7-9,11H2,1-2H3,(H2,22,23,26)/t15-/m0/s1. The number of alkyl halides is 2. The number of hydrogen-bond acceptors (Lipinski definition) is 3. The van der Waals surface area contributed by atoms with E-state index in [1.807, 2.05) is 38.1 Å². The van der Waals surface area contributed by atoms with E-state index in [0.29, 0.717) is 26.1 Å². The van der Waals surface area contributed by atoms with Crippen molar-refractivity contribution < 1.29 is 18.3 Å². The van der Waals surface area contributed by atoms with E-state index >= 15 is 0 Å². The van der Waals surface area contributed by atoms with E-state index in [1.165, 1.54) is 16.4 Å². The van der Waals surface area contributed by atoms with Crippen LogP contribution in [0, 0.1) is 5.92 Å². The topological polar surface area (TPSA) is 68.2 Å². The van der Waals surface area contributed by atoms with Crippen LogP contribution in [0.25, 0.3) is 0 Å². The Morgan fingerprint density at radius 2 is 2.07 bits per heavy atom. The van der Waals surface area contributed by atoms with Crippen LogP contribution < -0.4 is 10.6 Å². The summed E-state index contributed by atoms with van der Waals surface area (Å²) in [4.78, 5) is 12.1. The van der Waals surface area contributed by atoms with E-state index in [-0.39, 0.29) is 17.7 Å². The number of halogens is 2. The molecule has 3 rings (SSSR count). The molecule has 27 heavy (non-hydrogen) atoms. The lowest BCUT2D eigenvalue weighted by molar-refractivity contribution is 0.0308. The molecule has 6 nitrogen and oxygen atoms in total. The van der Waals surface area contributed by atoms with Crippen LogP contribution in [0.5, 0.6) is 0 Å². The normalized spacial score (nSPS) is 16.4. The van der Waals surface area contributed by atoms with Gasteiger partial charge in [0.05, 0.1) is 18.4 Å². The van der Waals surface area contributed by atoms with Gasteiger partial charge in [-0.3, -0.25) is 4.68 Å². The molecule has 2 aromatic rings. The Hall–Kier alpha value is -2.48. The van der Waals surface area contributed by atoms with Crippen molar-refractivity contribution in [3.63, 3.8) is 0 Å². The van der Waals surface area contributed by atoms with Crippen LogP contribution in [-0.4, -0.2) is 28.5 Å². The number of benzene rings is 1. The monoisotopic (exact) mass is 378 g/mol. The van der Waals surface area contributed by atoms with Gasteiger partial charge in [0.1, 0.15) is 0 Å². The lowest BCUT2D eigenvalue weighted by Crippen LogP contribution is -2.38. The SMILES string of the molecule is CC(C)Cn1cc(NC(=O)NC[C@@H]2Cc3ccccc3CO2)c(C(F)F)n1. The smallest absolute Gasteiger partial charge is 0.319 e. The van der Waals surface area contributed by atoms with Gasteiger partial charge in [-0.15, -0.1) is 0 Å². The maximum absolute atomic E-state index is 13.2. The second-order valence-corrected chi connectivity index (χ2v) is 7.09. The highest BCUT2D eigenvalue weighted by atomic mass is 19.3. The third-order valence-electron chi connectivity index (χ3n) is 4.33. The van der Waals surface area contributed by atoms with Crippen LogP contribution in [-0.2, 0) is 24.3 Å². The summed E-state index contributed by atoms with van der Waals surface area (Å²) in [7, 11) is 0. The number of nitrogens with one attached hydrogen (secondary N) is 2. The van der Waals surface area contributed by atoms with Gasteiger partial charge in [0, 0.05) is 25.7 Å². The van der Waals surface area contributed by atoms with Crippen LogP contribution in [0.15, 0.2) is 30.5 Å². The first-order valence-corrected chi connectivity index (χ1v) is 9.01. The molecule has 2 N–H and O–H groups in total. The summed E-state index contributed by atoms with van der Waals surface area (Å²) in [6.07, 6.45) is -0.768. The first-order chi connectivity index (χ1) is 12.9. The minimum Gasteiger partial charge on any atom is -0.371 e. The van der Waals surface area contributed by atoms with Crippen molar-refractivity contribution >= 4 is 11.7 Å². The second kappa shape index (κ2) is 8.47. The average Bonchev–Trinajstić information content (AvgIpc) is 3.01. The Bertz CT molecular complexity index is 792. The molecule has 1 aromatic heterocycles. The molecule has 2 amide bonds. The molecule has 8 heteroatoms. The zero-order chi connectivity index (χ0) is 19.4. The molecule has 1 atom stereocenters. The Morgan fingerprint density at radius 1 is 1.33 bits per heavy atom. The first-order valence-electron chi connectivity index (χ1n) is 9.01. The van der Waals surface area contributed by atoms with Crippen LogP contribution in [0.1, 0.15) is 37.1 Å². The van der Waals surface area contributed by atoms with E-state index in [0.717, 1.165) is 5.56 Å². The molecular weight excluding hydrogens is 354 g/mol. The fraction of sp³-hybridized carbons (Fsp3) is 0.474. The van der Waals surface area contributed by atoms with Crippen molar-refractivity contribution in [2.24, 2.45) is 5.92 Å². The highest BCUT2D eigenvalue weighted by molar-refractivity contribution is 5.89. The highest BCUT2D eigenvalue weighted by Crippen LogP contribution is 2.26. The van der Waals surface area contributed by atoms with Crippen molar-refractivity contribution in [3.05, 3.63) is 47.3 Å². The molecule has 0 saturated heterocycles. The second-order valence-electron chi connectivity index (χ2n) is 7.09. The summed E-state index contributed by atoms with van der Waals surface area (Å²) in [6.45, 7) is 5.22. The zero-order valence-corrected chi connectivity index (χ0v) is 15.4. The quantitative estimate of drug-likeness (QED) is 0.805. The van der Waals surface area contributed by atoms with Crippen molar-refractivity contribution in [2.75, 3.05) is 11.9 Å². The van der Waals surface area contributed by atoms with E-state index in [1.54, 1.807) is 0 Å². The lowest BCUT2D eigenvalue weighted by atomic mass is 9.99. The lowest BCUT2D eigenvalue weighted by Gasteiger charge is -2.25. The van der Waals surface area contributed by atoms with Gasteiger partial charge in [0.15, 0.2) is 5.69 Å². The molecule has 0 aliphatic carbocycles. The molecule has 0 fully saturated rings. The fourth-order valence-corrected chi connectivity index (χ4v) is 3.07. The number of aromatic nitrogens is 2. The Morgan fingerprint density at radius 3 is 2.78 bits per heavy atom. The molecule has 0 radical (unpaired) electrons. The molecule has 146 valence electrons. The molecule has 1 aromatic carbocycles. The van der Waals surface area contributed by atoms with Gasteiger partial charge in [0.25, 0.3) is 6.43 Å². The number of nitrogens with zero attached hydrogens (tertiary/aromatic N) is 2. The molecule has 1 aliphatic rings. The number of urea groups is 1. The third-order valence-corrected chi connectivity index (χ3v) is 4.33. The van der Waals surface area contributed by atoms with Crippen LogP contribution in [0.3, 0.4) is 0 Å². The van der Waals surface area contributed by atoms with Gasteiger partial charge in [-0.2, -0.15) is 5.10 Å². The van der Waals surface area contributed by atoms with Gasteiger partial charge >= 0.3 is 6.03 Å². The van der Waals surface area contributed by atoms with Crippen LogP contribution >= 0.6 is 0 Å². The number of amides is 2. The van der Waals surface area contributed by atoms with E-state index < -0.39 is 18.2 Å². The number of hydrogen-bond donors (Lipinski definition) is 2. The Labute approximate surface area is 156 Å². The van der Waals surface area contributed by atoms with Crippen LogP contribution in [0.2, 0.25) is 0 Å². The van der Waals surface area contributed by atoms with Crippen molar-refractivity contribution in [1.29, 1.82) is 0 Å². The molecule has 2 heterocycles. The Kier molecular flexibility index (Phi) is 6.05. The number of carbonyl (C=O) groups is 1. The third kappa shape index (κ3) is 5.03. The van der Waals surface area contributed by atoms with Crippen molar-refractivity contribution in [3.8, 4) is 0 Å². The summed E-state index contributed by atoms with van der Waals surface area (Å²) >= 11 is 0. The van der Waals surface area contributed by atoms with Gasteiger partial charge < -0.3 is 15.4 Å². The maximum atomic E-state index is 13.2. The molecule has 0 spiro atoms. The summed E-state index contributed by atoms with van der Waals surface area (Å²) in [5.41, 5.74) is 1.95. The zero-order valence-electron chi connectivity index (χ0n) is 15.4. The average molecular weight is 378 g/mol. The van der Waals surface area contributed by atoms with Gasteiger partial charge in [-0.05, 0) is 17.0 Å². The molecule has 0 bridgehead atoms. The predicted molar refractivity (Wildman–Crippen MR) is 97.8 cm³/mol. The van der Waals surface area contributed by atoms with E-state index in [2.05, 4.69) is 15.7 Å². The number of rotatable bonds is 6. The number of fused-ring (bicyclic) bond motifs is 1.